The van der Waals surface area contributed by atoms with E-state index in [0.29, 0.717) is 13.0 Å². The summed E-state index contributed by atoms with van der Waals surface area (Å²) in [6.07, 6.45) is 2.45. The third-order valence-electron chi connectivity index (χ3n) is 3.88. The first-order valence-electron chi connectivity index (χ1n) is 7.00. The van der Waals surface area contributed by atoms with Crippen molar-refractivity contribution in [1.29, 1.82) is 0 Å². The molecule has 2 N–H and O–H groups in total. The Morgan fingerprint density at radius 2 is 1.90 bits per heavy atom. The lowest BCUT2D eigenvalue weighted by Gasteiger charge is -2.25. The van der Waals surface area contributed by atoms with Gasteiger partial charge in [-0.05, 0) is 49.4 Å². The van der Waals surface area contributed by atoms with Gasteiger partial charge < -0.3 is 10.6 Å². The molecular formula is C15H20ClFN2O. The number of rotatable bonds is 3. The molecule has 2 atom stereocenters. The molecule has 1 saturated heterocycles. The molecule has 110 valence electrons. The molecule has 1 heterocycles. The Balaban J connectivity index is 0.00000147. The van der Waals surface area contributed by atoms with Crippen molar-refractivity contribution < 1.29 is 9.18 Å². The zero-order valence-electron chi connectivity index (χ0n) is 11.3. The summed E-state index contributed by atoms with van der Waals surface area (Å²) in [4.78, 5) is 12.0. The van der Waals surface area contributed by atoms with E-state index in [4.69, 9.17) is 0 Å². The fraction of sp³-hybridized carbons (Fsp3) is 0.533. The van der Waals surface area contributed by atoms with Crippen LogP contribution in [0.25, 0.3) is 0 Å². The first kappa shape index (κ1) is 15.3. The summed E-state index contributed by atoms with van der Waals surface area (Å²) in [5.41, 5.74) is 2.13. The largest absolute Gasteiger partial charge is 0.325 e. The van der Waals surface area contributed by atoms with Crippen LogP contribution in [0.5, 0.6) is 0 Å². The Labute approximate surface area is 124 Å². The first-order valence-corrected chi connectivity index (χ1v) is 7.00. The maximum Gasteiger partial charge on any atom is 0.241 e. The molecule has 0 aromatic heterocycles. The minimum absolute atomic E-state index is 0. The van der Waals surface area contributed by atoms with Crippen molar-refractivity contribution in [2.24, 2.45) is 0 Å². The van der Waals surface area contributed by atoms with Crippen molar-refractivity contribution in [2.45, 2.75) is 43.8 Å². The van der Waals surface area contributed by atoms with Crippen LogP contribution in [0.3, 0.4) is 0 Å². The fourth-order valence-electron chi connectivity index (χ4n) is 2.56. The summed E-state index contributed by atoms with van der Waals surface area (Å²) < 4.78 is 13.3. The highest BCUT2D eigenvalue weighted by Crippen LogP contribution is 2.40. The number of carbonyl (C=O) groups excluding carboxylic acids is 1. The molecular weight excluding hydrogens is 279 g/mol. The van der Waals surface area contributed by atoms with Gasteiger partial charge in [0.05, 0.1) is 6.04 Å². The number of anilines is 1. The van der Waals surface area contributed by atoms with Crippen molar-refractivity contribution >= 4 is 24.0 Å². The zero-order valence-corrected chi connectivity index (χ0v) is 12.1. The van der Waals surface area contributed by atoms with Crippen LogP contribution in [0.2, 0.25) is 0 Å². The number of alkyl halides is 1. The normalized spacial score (nSPS) is 25.6. The van der Waals surface area contributed by atoms with E-state index >= 15 is 0 Å². The number of hydrogen-bond acceptors (Lipinski definition) is 2. The highest BCUT2D eigenvalue weighted by molar-refractivity contribution is 5.94. The van der Waals surface area contributed by atoms with Crippen LogP contribution in [0.1, 0.15) is 37.2 Å². The predicted molar refractivity (Wildman–Crippen MR) is 80.2 cm³/mol. The molecule has 1 aliphatic carbocycles. The number of hydrogen-bond donors (Lipinski definition) is 2. The quantitative estimate of drug-likeness (QED) is 0.900. The molecule has 1 saturated carbocycles. The van der Waals surface area contributed by atoms with E-state index in [-0.39, 0.29) is 24.7 Å². The highest BCUT2D eigenvalue weighted by atomic mass is 35.5. The molecule has 1 aromatic rings. The van der Waals surface area contributed by atoms with Crippen LogP contribution < -0.4 is 10.6 Å². The number of amides is 1. The summed E-state index contributed by atoms with van der Waals surface area (Å²) in [6.45, 7) is 0.569. The third kappa shape index (κ3) is 3.70. The van der Waals surface area contributed by atoms with Gasteiger partial charge in [-0.2, -0.15) is 0 Å². The van der Waals surface area contributed by atoms with Gasteiger partial charge in [0.25, 0.3) is 0 Å². The molecule has 20 heavy (non-hydrogen) atoms. The molecule has 2 aliphatic rings. The minimum atomic E-state index is -0.866. The van der Waals surface area contributed by atoms with Crippen LogP contribution in [-0.4, -0.2) is 24.7 Å². The number of benzene rings is 1. The molecule has 1 aliphatic heterocycles. The van der Waals surface area contributed by atoms with Crippen molar-refractivity contribution in [3.05, 3.63) is 29.8 Å². The third-order valence-corrected chi connectivity index (χ3v) is 3.88. The highest BCUT2D eigenvalue weighted by Gasteiger charge is 2.27. The van der Waals surface area contributed by atoms with E-state index in [1.54, 1.807) is 0 Å². The van der Waals surface area contributed by atoms with Crippen molar-refractivity contribution in [3.63, 3.8) is 0 Å². The smallest absolute Gasteiger partial charge is 0.241 e. The van der Waals surface area contributed by atoms with Gasteiger partial charge in [0.2, 0.25) is 5.91 Å². The SMILES string of the molecule is Cl.O=C(Nc1ccc(C2CC2)cc1)[C@H]1C[C@H](F)CCN1. The summed E-state index contributed by atoms with van der Waals surface area (Å²) in [6, 6.07) is 7.59. The van der Waals surface area contributed by atoms with Gasteiger partial charge in [-0.25, -0.2) is 4.39 Å². The molecule has 1 amide bonds. The second-order valence-corrected chi connectivity index (χ2v) is 5.51. The Bertz CT molecular complexity index is 461. The van der Waals surface area contributed by atoms with Gasteiger partial charge in [0.15, 0.2) is 0 Å². The first-order chi connectivity index (χ1) is 9.22. The number of halogens is 2. The van der Waals surface area contributed by atoms with E-state index in [0.717, 1.165) is 11.6 Å². The van der Waals surface area contributed by atoms with Crippen molar-refractivity contribution in [1.82, 2.24) is 5.32 Å². The van der Waals surface area contributed by atoms with Crippen LogP contribution in [0.15, 0.2) is 24.3 Å². The van der Waals surface area contributed by atoms with E-state index in [1.807, 2.05) is 12.1 Å². The summed E-state index contributed by atoms with van der Waals surface area (Å²) in [5, 5.41) is 5.91. The lowest BCUT2D eigenvalue weighted by molar-refractivity contribution is -0.119. The second kappa shape index (κ2) is 6.55. The van der Waals surface area contributed by atoms with Crippen molar-refractivity contribution in [2.75, 3.05) is 11.9 Å². The molecule has 0 unspecified atom stereocenters. The molecule has 5 heteroatoms. The summed E-state index contributed by atoms with van der Waals surface area (Å²) >= 11 is 0. The van der Waals surface area contributed by atoms with E-state index < -0.39 is 12.2 Å². The van der Waals surface area contributed by atoms with Crippen LogP contribution in [0.4, 0.5) is 10.1 Å². The van der Waals surface area contributed by atoms with E-state index in [2.05, 4.69) is 22.8 Å². The Morgan fingerprint density at radius 1 is 1.20 bits per heavy atom. The molecule has 3 rings (SSSR count). The number of carbonyl (C=O) groups is 1. The van der Waals surface area contributed by atoms with Gasteiger partial charge in [-0.15, -0.1) is 12.4 Å². The van der Waals surface area contributed by atoms with Crippen LogP contribution in [-0.2, 0) is 4.79 Å². The maximum atomic E-state index is 13.3. The van der Waals surface area contributed by atoms with Crippen LogP contribution in [0, 0.1) is 0 Å². The standard InChI is InChI=1S/C15H19FN2O.ClH/c16-12-7-8-17-14(9-12)15(19)18-13-5-3-11(4-6-13)10-1-2-10;/h3-6,10,12,14,17H,1-2,7-9H2,(H,18,19);1H/t12-,14-;/m1./s1. The van der Waals surface area contributed by atoms with E-state index in [1.165, 1.54) is 18.4 Å². The maximum absolute atomic E-state index is 13.3. The number of nitrogens with one attached hydrogen (secondary N) is 2. The Hall–Kier alpha value is -1.13. The Morgan fingerprint density at radius 3 is 2.50 bits per heavy atom. The van der Waals surface area contributed by atoms with Gasteiger partial charge in [-0.3, -0.25) is 4.79 Å². The van der Waals surface area contributed by atoms with Gasteiger partial charge in [-0.1, -0.05) is 12.1 Å². The average Bonchev–Trinajstić information content (AvgIpc) is 3.24. The molecule has 0 radical (unpaired) electrons. The second-order valence-electron chi connectivity index (χ2n) is 5.51. The zero-order chi connectivity index (χ0) is 13.2. The molecule has 0 spiro atoms. The van der Waals surface area contributed by atoms with Crippen LogP contribution >= 0.6 is 12.4 Å². The summed E-state index contributed by atoms with van der Waals surface area (Å²) in [7, 11) is 0. The minimum Gasteiger partial charge on any atom is -0.325 e. The van der Waals surface area contributed by atoms with E-state index in [9.17, 15) is 9.18 Å². The number of piperidine rings is 1. The van der Waals surface area contributed by atoms with Crippen molar-refractivity contribution in [3.8, 4) is 0 Å². The molecule has 3 nitrogen and oxygen atoms in total. The van der Waals surface area contributed by atoms with Gasteiger partial charge in [0, 0.05) is 12.1 Å². The van der Waals surface area contributed by atoms with Gasteiger partial charge >= 0.3 is 0 Å². The topological polar surface area (TPSA) is 41.1 Å². The summed E-state index contributed by atoms with van der Waals surface area (Å²) in [5.74, 6) is 0.582. The monoisotopic (exact) mass is 298 g/mol. The lowest BCUT2D eigenvalue weighted by atomic mass is 10.0. The molecule has 0 bridgehead atoms. The Kier molecular flexibility index (Phi) is 5.00. The average molecular weight is 299 g/mol. The lowest BCUT2D eigenvalue weighted by Crippen LogP contribution is -2.46. The predicted octanol–water partition coefficient (Wildman–Crippen LogP) is 3.01. The van der Waals surface area contributed by atoms with Gasteiger partial charge in [0.1, 0.15) is 6.17 Å². The fourth-order valence-corrected chi connectivity index (χ4v) is 2.56. The molecule has 1 aromatic carbocycles. The molecule has 2 fully saturated rings.